The summed E-state index contributed by atoms with van der Waals surface area (Å²) >= 11 is 5.29. The zero-order valence-electron chi connectivity index (χ0n) is 24.4. The first kappa shape index (κ1) is 38.4. The molecule has 36 heavy (non-hydrogen) atoms. The summed E-state index contributed by atoms with van der Waals surface area (Å²) in [5.41, 5.74) is 1.86. The van der Waals surface area contributed by atoms with Crippen molar-refractivity contribution in [1.82, 2.24) is 5.32 Å². The highest BCUT2D eigenvalue weighted by atomic mass is 35.5. The Morgan fingerprint density at radius 2 is 1.61 bits per heavy atom. The van der Waals surface area contributed by atoms with Crippen molar-refractivity contribution in [3.8, 4) is 0 Å². The number of anilines is 1. The molecule has 1 aromatic carbocycles. The number of carbonyl (C=O) groups excluding carboxylic acids is 2. The summed E-state index contributed by atoms with van der Waals surface area (Å²) in [7, 11) is 1.32. The summed E-state index contributed by atoms with van der Waals surface area (Å²) in [6, 6.07) is 7.68. The topological polar surface area (TPSA) is 58.6 Å². The summed E-state index contributed by atoms with van der Waals surface area (Å²) in [6.07, 6.45) is 12.8. The van der Waals surface area contributed by atoms with Crippen LogP contribution in [-0.4, -0.2) is 44.5 Å². The number of nitrogens with one attached hydrogen (secondary N) is 1. The third-order valence-electron chi connectivity index (χ3n) is 4.85. The van der Waals surface area contributed by atoms with Crippen molar-refractivity contribution < 1.29 is 14.3 Å². The molecule has 0 radical (unpaired) electrons. The van der Waals surface area contributed by atoms with E-state index in [1.807, 2.05) is 50.3 Å². The van der Waals surface area contributed by atoms with Gasteiger partial charge >= 0.3 is 5.97 Å². The van der Waals surface area contributed by atoms with E-state index in [9.17, 15) is 9.59 Å². The zero-order valence-corrected chi connectivity index (χ0v) is 25.2. The lowest BCUT2D eigenvalue weighted by Gasteiger charge is -2.25. The second kappa shape index (κ2) is 29.1. The quantitative estimate of drug-likeness (QED) is 0.131. The summed E-state index contributed by atoms with van der Waals surface area (Å²) in [4.78, 5) is 24.7. The average Bonchev–Trinajstić information content (AvgIpc) is 2.91. The second-order valence-electron chi connectivity index (χ2n) is 7.67. The molecule has 0 bridgehead atoms. The van der Waals surface area contributed by atoms with Crippen LogP contribution in [0.15, 0.2) is 48.6 Å². The highest BCUT2D eigenvalue weighted by Crippen LogP contribution is 2.29. The number of nitrogens with zero attached hydrogens (tertiary/aromatic N) is 1. The van der Waals surface area contributed by atoms with Crippen molar-refractivity contribution in [1.29, 1.82) is 0 Å². The van der Waals surface area contributed by atoms with Gasteiger partial charge in [-0.25, -0.2) is 0 Å². The van der Waals surface area contributed by atoms with Crippen LogP contribution < -0.4 is 10.2 Å². The first-order chi connectivity index (χ1) is 17.3. The van der Waals surface area contributed by atoms with Crippen LogP contribution in [0.5, 0.6) is 0 Å². The highest BCUT2D eigenvalue weighted by molar-refractivity contribution is 6.18. The Hall–Kier alpha value is -2.11. The minimum absolute atomic E-state index is 0.0563. The number of halogens is 1. The number of ether oxygens (including phenoxy) is 1. The minimum Gasteiger partial charge on any atom is -0.468 e. The minimum atomic E-state index is -0.422. The molecule has 1 aromatic rings. The number of alkyl halides is 1. The van der Waals surface area contributed by atoms with Crippen LogP contribution >= 0.6 is 11.6 Å². The largest absolute Gasteiger partial charge is 0.468 e. The molecule has 1 amide bonds. The van der Waals surface area contributed by atoms with Crippen LogP contribution in [0, 0.1) is 0 Å². The fourth-order valence-corrected chi connectivity index (χ4v) is 2.90. The first-order valence-electron chi connectivity index (χ1n) is 13.3. The molecular formula is C30H53ClN2O3. The van der Waals surface area contributed by atoms with E-state index in [0.717, 1.165) is 43.6 Å². The molecule has 0 heterocycles. The Labute approximate surface area is 227 Å². The molecule has 6 heteroatoms. The van der Waals surface area contributed by atoms with Gasteiger partial charge in [-0.15, -0.1) is 11.6 Å². The van der Waals surface area contributed by atoms with Crippen LogP contribution in [0.3, 0.4) is 0 Å². The predicted molar refractivity (Wildman–Crippen MR) is 159 cm³/mol. The normalized spacial score (nSPS) is 10.8. The Kier molecular flexibility index (Phi) is 31.1. The van der Waals surface area contributed by atoms with Gasteiger partial charge in [0.15, 0.2) is 0 Å². The average molecular weight is 525 g/mol. The molecule has 0 saturated carbocycles. The highest BCUT2D eigenvalue weighted by Gasteiger charge is 2.20. The molecule has 208 valence electrons. The van der Waals surface area contributed by atoms with Gasteiger partial charge in [0.05, 0.1) is 7.11 Å². The van der Waals surface area contributed by atoms with E-state index in [0.29, 0.717) is 11.8 Å². The van der Waals surface area contributed by atoms with Crippen molar-refractivity contribution in [3.05, 3.63) is 54.1 Å². The van der Waals surface area contributed by atoms with E-state index >= 15 is 0 Å². The number of amides is 1. The van der Waals surface area contributed by atoms with E-state index in [1.54, 1.807) is 0 Å². The van der Waals surface area contributed by atoms with Crippen LogP contribution in [0.25, 0.3) is 0 Å². The molecule has 1 rings (SSSR count). The zero-order chi connectivity index (χ0) is 28.2. The van der Waals surface area contributed by atoms with Gasteiger partial charge < -0.3 is 15.0 Å². The lowest BCUT2D eigenvalue weighted by molar-refractivity contribution is -0.139. The third-order valence-corrected chi connectivity index (χ3v) is 5.03. The number of para-hydroxylation sites is 1. The molecule has 0 aliphatic carbocycles. The van der Waals surface area contributed by atoms with Gasteiger partial charge in [0.1, 0.15) is 6.54 Å². The fourth-order valence-electron chi connectivity index (χ4n) is 2.77. The van der Waals surface area contributed by atoms with Crippen molar-refractivity contribution in [2.75, 3.05) is 37.5 Å². The van der Waals surface area contributed by atoms with E-state index in [4.69, 9.17) is 11.6 Å². The maximum atomic E-state index is 11.8. The van der Waals surface area contributed by atoms with Gasteiger partial charge in [0, 0.05) is 25.0 Å². The maximum Gasteiger partial charge on any atom is 0.325 e. The van der Waals surface area contributed by atoms with Gasteiger partial charge in [-0.1, -0.05) is 91.0 Å². The van der Waals surface area contributed by atoms with Crippen LogP contribution in [0.2, 0.25) is 0 Å². The van der Waals surface area contributed by atoms with Crippen molar-refractivity contribution in [2.45, 2.75) is 87.0 Å². The summed E-state index contributed by atoms with van der Waals surface area (Å²) in [6.45, 7) is 18.2. The molecular weight excluding hydrogens is 472 g/mol. The van der Waals surface area contributed by atoms with Crippen molar-refractivity contribution in [2.24, 2.45) is 0 Å². The molecule has 1 unspecified atom stereocenters. The first-order valence-corrected chi connectivity index (χ1v) is 13.9. The number of carbonyl (C=O) groups is 2. The maximum absolute atomic E-state index is 11.8. The molecule has 1 atom stereocenters. The van der Waals surface area contributed by atoms with E-state index in [2.05, 4.69) is 56.8 Å². The summed E-state index contributed by atoms with van der Waals surface area (Å²) < 4.78 is 4.65. The number of benzene rings is 1. The van der Waals surface area contributed by atoms with Gasteiger partial charge in [-0.05, 0) is 49.8 Å². The number of rotatable bonds is 12. The molecule has 0 fully saturated rings. The smallest absolute Gasteiger partial charge is 0.325 e. The summed E-state index contributed by atoms with van der Waals surface area (Å²) in [5.74, 6) is 0.388. The third kappa shape index (κ3) is 21.2. The Morgan fingerprint density at radius 1 is 1.03 bits per heavy atom. The molecule has 5 nitrogen and oxygen atoms in total. The molecule has 0 aliphatic heterocycles. The fraction of sp³-hybridized carbons (Fsp3) is 0.600. The van der Waals surface area contributed by atoms with Gasteiger partial charge in [0.2, 0.25) is 5.91 Å². The number of methoxy groups -OCH3 is 1. The van der Waals surface area contributed by atoms with Crippen molar-refractivity contribution in [3.63, 3.8) is 0 Å². The molecule has 0 aliphatic rings. The molecule has 0 saturated heterocycles. The summed E-state index contributed by atoms with van der Waals surface area (Å²) in [5, 5.41) is 3.28. The van der Waals surface area contributed by atoms with E-state index in [-0.39, 0.29) is 12.5 Å². The molecule has 0 spiro atoms. The second-order valence-corrected chi connectivity index (χ2v) is 7.98. The SMILES string of the molecule is CC.CC/C=C/CNCCC.CC/C=C\CCl.CCC(C)c1ccccc1N(CC(=O)OC)C(C)=O. The monoisotopic (exact) mass is 524 g/mol. The standard InChI is InChI=1S/C15H21NO3.C8H17N.C5H9Cl.C2H6/c1-5-11(2)13-8-6-7-9-14(13)16(12(3)17)10-15(18)19-4;1-3-5-6-8-9-7-4-2;1-2-3-4-5-6;1-2/h6-9,11H,5,10H2,1-4H3;5-6,9H,3-4,7-8H2,1-2H3;3-4H,2,5H2,1H3;1-2H3/b;6-5+;4-3-;. The van der Waals surface area contributed by atoms with Crippen LogP contribution in [-0.2, 0) is 14.3 Å². The van der Waals surface area contributed by atoms with E-state index < -0.39 is 5.97 Å². The van der Waals surface area contributed by atoms with Crippen LogP contribution in [0.1, 0.15) is 92.6 Å². The lowest BCUT2D eigenvalue weighted by Crippen LogP contribution is -2.35. The number of hydrogen-bond donors (Lipinski definition) is 1. The Balaban J connectivity index is -0.000000531. The van der Waals surface area contributed by atoms with Gasteiger partial charge in [-0.3, -0.25) is 9.59 Å². The van der Waals surface area contributed by atoms with Gasteiger partial charge in [-0.2, -0.15) is 0 Å². The molecule has 1 N–H and O–H groups in total. The van der Waals surface area contributed by atoms with E-state index in [1.165, 1.54) is 25.4 Å². The number of hydrogen-bond acceptors (Lipinski definition) is 4. The predicted octanol–water partition coefficient (Wildman–Crippen LogP) is 7.90. The molecule has 0 aromatic heterocycles. The lowest BCUT2D eigenvalue weighted by atomic mass is 9.96. The van der Waals surface area contributed by atoms with Crippen LogP contribution in [0.4, 0.5) is 5.69 Å². The van der Waals surface area contributed by atoms with Gasteiger partial charge in [0.25, 0.3) is 0 Å². The number of esters is 1. The van der Waals surface area contributed by atoms with Crippen molar-refractivity contribution >= 4 is 29.2 Å². The Bertz CT molecular complexity index is 699. The number of allylic oxidation sites excluding steroid dienone is 3. The Morgan fingerprint density at radius 3 is 2.06 bits per heavy atom.